The van der Waals surface area contributed by atoms with Gasteiger partial charge in [-0.1, -0.05) is 44.8 Å². The molecule has 1 aliphatic heterocycles. The Balaban J connectivity index is 1.37. The van der Waals surface area contributed by atoms with E-state index in [-0.39, 0.29) is 52.6 Å². The smallest absolute Gasteiger partial charge is 0.228 e. The highest BCUT2D eigenvalue weighted by molar-refractivity contribution is 8.23. The third-order valence-corrected chi connectivity index (χ3v) is 12.5. The first kappa shape index (κ1) is 24.5. The molecule has 1 amide bonds. The summed E-state index contributed by atoms with van der Waals surface area (Å²) in [7, 11) is 0. The number of rotatable bonds is 3. The topological polar surface area (TPSA) is 81.0 Å². The summed E-state index contributed by atoms with van der Waals surface area (Å²) < 4.78 is 0.703. The normalized spacial score (nSPS) is 50.5. The van der Waals surface area contributed by atoms with Crippen molar-refractivity contribution in [3.8, 4) is 0 Å². The number of carbonyl (C=O) groups is 1. The number of nitrogens with zero attached hydrogens (tertiary/aromatic N) is 1. The van der Waals surface area contributed by atoms with Crippen molar-refractivity contribution in [1.29, 1.82) is 0 Å². The minimum Gasteiger partial charge on any atom is -0.393 e. The van der Waals surface area contributed by atoms with Gasteiger partial charge in [0.2, 0.25) is 5.91 Å². The Kier molecular flexibility index (Phi) is 6.47. The summed E-state index contributed by atoms with van der Waals surface area (Å²) in [5.74, 6) is 2.62. The van der Waals surface area contributed by atoms with E-state index in [9.17, 15) is 20.1 Å². The van der Waals surface area contributed by atoms with Crippen molar-refractivity contribution >= 4 is 34.2 Å². The second-order valence-electron chi connectivity index (χ2n) is 12.4. The van der Waals surface area contributed by atoms with Crippen LogP contribution in [0, 0.1) is 46.3 Å². The highest BCUT2D eigenvalue weighted by Gasteiger charge is 2.65. The fourth-order valence-corrected chi connectivity index (χ4v) is 10.5. The van der Waals surface area contributed by atoms with Crippen LogP contribution in [0.3, 0.4) is 0 Å². The molecule has 5 fully saturated rings. The molecule has 7 heteroatoms. The Hall–Kier alpha value is -0.210. The summed E-state index contributed by atoms with van der Waals surface area (Å²) in [5.41, 5.74) is -0.173. The molecular formula is C26H41NO4S2. The van der Waals surface area contributed by atoms with E-state index in [1.807, 2.05) is 0 Å². The molecule has 4 saturated carbocycles. The lowest BCUT2D eigenvalue weighted by Gasteiger charge is -2.63. The Morgan fingerprint density at radius 3 is 2.61 bits per heavy atom. The third kappa shape index (κ3) is 3.75. The lowest BCUT2D eigenvalue weighted by Crippen LogP contribution is -2.62. The van der Waals surface area contributed by atoms with E-state index < -0.39 is 6.10 Å². The van der Waals surface area contributed by atoms with Gasteiger partial charge < -0.3 is 15.3 Å². The van der Waals surface area contributed by atoms with E-state index in [0.29, 0.717) is 29.1 Å². The zero-order valence-corrected chi connectivity index (χ0v) is 21.9. The maximum Gasteiger partial charge on any atom is 0.228 e. The minimum atomic E-state index is -0.410. The Morgan fingerprint density at radius 2 is 1.91 bits per heavy atom. The van der Waals surface area contributed by atoms with Crippen molar-refractivity contribution in [2.75, 3.05) is 12.3 Å². The summed E-state index contributed by atoms with van der Waals surface area (Å²) in [4.78, 5) is 14.7. The summed E-state index contributed by atoms with van der Waals surface area (Å²) in [6.45, 7) is 7.51. The minimum absolute atomic E-state index is 0.0915. The molecule has 0 radical (unpaired) electrons. The molecule has 0 spiro atoms. The standard InChI is InChI=1S/C26H41NO4S2/c1-14(10-22(31)27-8-9-33-24(27)32)17-4-5-18-23-19(13-21(30)26(17,18)3)25(2)7-6-16(28)11-15(25)12-20(23)29/h14-21,23,28-30H,4-13H2,1-3H3/t14?,15?,16-,17?,18?,19?,20?,21+,23?,25+,26-/m0/s1. The van der Waals surface area contributed by atoms with E-state index in [4.69, 9.17) is 12.2 Å². The number of aliphatic hydroxyl groups is 3. The Labute approximate surface area is 208 Å². The van der Waals surface area contributed by atoms with Gasteiger partial charge in [0.1, 0.15) is 4.32 Å². The lowest BCUT2D eigenvalue weighted by atomic mass is 9.43. The maximum absolute atomic E-state index is 13.0. The molecule has 1 heterocycles. The molecular weight excluding hydrogens is 454 g/mol. The van der Waals surface area contributed by atoms with Crippen LogP contribution in [-0.4, -0.2) is 61.1 Å². The fraction of sp³-hybridized carbons (Fsp3) is 0.923. The van der Waals surface area contributed by atoms with Crippen molar-refractivity contribution in [2.24, 2.45) is 46.3 Å². The predicted molar refractivity (Wildman–Crippen MR) is 135 cm³/mol. The molecule has 5 aliphatic rings. The Bertz CT molecular complexity index is 809. The fourth-order valence-electron chi connectivity index (χ4n) is 9.28. The van der Waals surface area contributed by atoms with Crippen LogP contribution in [0.5, 0.6) is 0 Å². The van der Waals surface area contributed by atoms with Crippen LogP contribution in [0.25, 0.3) is 0 Å². The van der Waals surface area contributed by atoms with Crippen molar-refractivity contribution in [2.45, 2.75) is 90.4 Å². The van der Waals surface area contributed by atoms with Crippen molar-refractivity contribution in [3.63, 3.8) is 0 Å². The van der Waals surface area contributed by atoms with Gasteiger partial charge in [0.05, 0.1) is 18.3 Å². The molecule has 5 nitrogen and oxygen atoms in total. The maximum atomic E-state index is 13.0. The molecule has 4 aliphatic carbocycles. The number of fused-ring (bicyclic) bond motifs is 5. The number of hydrogen-bond donors (Lipinski definition) is 3. The lowest BCUT2D eigenvalue weighted by molar-refractivity contribution is -0.207. The number of amides is 1. The molecule has 1 saturated heterocycles. The highest BCUT2D eigenvalue weighted by Crippen LogP contribution is 2.68. The van der Waals surface area contributed by atoms with Crippen LogP contribution in [0.2, 0.25) is 0 Å². The van der Waals surface area contributed by atoms with Crippen LogP contribution in [0.1, 0.15) is 72.1 Å². The summed E-state index contributed by atoms with van der Waals surface area (Å²) in [6.07, 6.45) is 5.63. The second kappa shape index (κ2) is 8.72. The van der Waals surface area contributed by atoms with Gasteiger partial charge in [0.25, 0.3) is 0 Å². The molecule has 186 valence electrons. The number of carbonyl (C=O) groups excluding carboxylic acids is 1. The van der Waals surface area contributed by atoms with Crippen LogP contribution in [0.15, 0.2) is 0 Å². The SMILES string of the molecule is CC(CC(=O)N1CCSC1=S)C1CCC2C3C(O)CC4C[C@@H](O)CC[C@@]4(C)C3C[C@@H](O)[C@@]12C. The Morgan fingerprint density at radius 1 is 1.15 bits per heavy atom. The average Bonchev–Trinajstić information content (AvgIpc) is 3.34. The van der Waals surface area contributed by atoms with Gasteiger partial charge in [0, 0.05) is 18.7 Å². The number of thiocarbonyl (C=S) groups is 1. The first-order valence-electron chi connectivity index (χ1n) is 13.1. The van der Waals surface area contributed by atoms with Gasteiger partial charge in [0.15, 0.2) is 0 Å². The zero-order valence-electron chi connectivity index (χ0n) is 20.3. The van der Waals surface area contributed by atoms with Crippen molar-refractivity contribution in [1.82, 2.24) is 4.90 Å². The van der Waals surface area contributed by atoms with Gasteiger partial charge in [-0.3, -0.25) is 9.69 Å². The van der Waals surface area contributed by atoms with E-state index >= 15 is 0 Å². The molecule has 0 aromatic carbocycles. The summed E-state index contributed by atoms with van der Waals surface area (Å²) >= 11 is 6.95. The van der Waals surface area contributed by atoms with E-state index in [1.54, 1.807) is 16.7 Å². The molecule has 0 aromatic heterocycles. The molecule has 33 heavy (non-hydrogen) atoms. The van der Waals surface area contributed by atoms with Crippen molar-refractivity contribution in [3.05, 3.63) is 0 Å². The third-order valence-electron chi connectivity index (χ3n) is 11.1. The van der Waals surface area contributed by atoms with Crippen LogP contribution in [-0.2, 0) is 4.79 Å². The molecule has 11 atom stereocenters. The first-order valence-corrected chi connectivity index (χ1v) is 14.5. The number of thioether (sulfide) groups is 1. The van der Waals surface area contributed by atoms with E-state index in [2.05, 4.69) is 20.8 Å². The molecule has 3 N–H and O–H groups in total. The van der Waals surface area contributed by atoms with Gasteiger partial charge in [-0.15, -0.1) is 0 Å². The summed E-state index contributed by atoms with van der Waals surface area (Å²) in [5, 5.41) is 33.4. The van der Waals surface area contributed by atoms with E-state index in [0.717, 1.165) is 50.7 Å². The van der Waals surface area contributed by atoms with Crippen LogP contribution in [0.4, 0.5) is 0 Å². The quantitative estimate of drug-likeness (QED) is 0.516. The van der Waals surface area contributed by atoms with Crippen LogP contribution < -0.4 is 0 Å². The second-order valence-corrected chi connectivity index (χ2v) is 14.1. The first-order chi connectivity index (χ1) is 15.6. The van der Waals surface area contributed by atoms with Gasteiger partial charge in [-0.25, -0.2) is 0 Å². The van der Waals surface area contributed by atoms with Gasteiger partial charge in [-0.2, -0.15) is 0 Å². The summed E-state index contributed by atoms with van der Waals surface area (Å²) in [6, 6.07) is 0. The van der Waals surface area contributed by atoms with Gasteiger partial charge in [-0.05, 0) is 91.3 Å². The molecule has 5 rings (SSSR count). The van der Waals surface area contributed by atoms with Gasteiger partial charge >= 0.3 is 0 Å². The zero-order chi connectivity index (χ0) is 23.7. The van der Waals surface area contributed by atoms with E-state index in [1.165, 1.54) is 0 Å². The van der Waals surface area contributed by atoms with Crippen LogP contribution >= 0.6 is 24.0 Å². The molecule has 0 aromatic rings. The average molecular weight is 496 g/mol. The number of aliphatic hydroxyl groups excluding tert-OH is 3. The highest BCUT2D eigenvalue weighted by atomic mass is 32.2. The monoisotopic (exact) mass is 495 g/mol. The van der Waals surface area contributed by atoms with Crippen molar-refractivity contribution < 1.29 is 20.1 Å². The molecule has 0 bridgehead atoms. The number of hydrogen-bond acceptors (Lipinski definition) is 6. The largest absolute Gasteiger partial charge is 0.393 e. The predicted octanol–water partition coefficient (Wildman–Crippen LogP) is 3.83. The molecule has 7 unspecified atom stereocenters.